The predicted octanol–water partition coefficient (Wildman–Crippen LogP) is 23.1. The number of rotatable bonds is 61. The van der Waals surface area contributed by atoms with Crippen LogP contribution in [0.25, 0.3) is 0 Å². The van der Waals surface area contributed by atoms with Crippen LogP contribution in [0.3, 0.4) is 0 Å². The fourth-order valence-electron chi connectivity index (χ4n) is 9.59. The number of esters is 3. The van der Waals surface area contributed by atoms with Gasteiger partial charge in [-0.25, -0.2) is 0 Å². The SMILES string of the molecule is CC/C=C\C/C=C\C/C=C\C/C=C\CCCCCCCCCCCCCCCCCCCCC(=O)OCC(COC(=O)CCCCCCC/C=C\C/C=C\CCC)OC(=O)CCCCCCC/C=C\CCCCCCCCC. The van der Waals surface area contributed by atoms with Crippen molar-refractivity contribution in [3.8, 4) is 0 Å². The van der Waals surface area contributed by atoms with E-state index in [0.29, 0.717) is 19.3 Å². The zero-order valence-electron chi connectivity index (χ0n) is 51.7. The summed E-state index contributed by atoms with van der Waals surface area (Å²) in [7, 11) is 0. The van der Waals surface area contributed by atoms with Gasteiger partial charge in [-0.05, 0) is 109 Å². The van der Waals surface area contributed by atoms with Crippen molar-refractivity contribution in [1.29, 1.82) is 0 Å². The Bertz CT molecular complexity index is 1480. The highest BCUT2D eigenvalue weighted by Gasteiger charge is 2.19. The molecule has 1 atom stereocenters. The zero-order chi connectivity index (χ0) is 56.4. The minimum absolute atomic E-state index is 0.0809. The van der Waals surface area contributed by atoms with Gasteiger partial charge in [0.15, 0.2) is 6.10 Å². The van der Waals surface area contributed by atoms with Crippen LogP contribution in [0.2, 0.25) is 0 Å². The monoisotopic (exact) mass is 1090 g/mol. The Labute approximate surface area is 484 Å². The first-order valence-electron chi connectivity index (χ1n) is 33.6. The smallest absolute Gasteiger partial charge is 0.306 e. The second-order valence-corrected chi connectivity index (χ2v) is 22.3. The average Bonchev–Trinajstić information content (AvgIpc) is 3.44. The summed E-state index contributed by atoms with van der Waals surface area (Å²) in [4.78, 5) is 38.3. The van der Waals surface area contributed by atoms with E-state index in [4.69, 9.17) is 14.2 Å². The molecule has 0 radical (unpaired) electrons. The first-order chi connectivity index (χ1) is 38.5. The molecule has 0 spiro atoms. The molecule has 6 heteroatoms. The first kappa shape index (κ1) is 74.6. The summed E-state index contributed by atoms with van der Waals surface area (Å²) in [6.45, 7) is 6.48. The molecule has 0 amide bonds. The van der Waals surface area contributed by atoms with Gasteiger partial charge in [0, 0.05) is 19.3 Å². The van der Waals surface area contributed by atoms with Crippen LogP contribution in [0.4, 0.5) is 0 Å². The van der Waals surface area contributed by atoms with Gasteiger partial charge >= 0.3 is 17.9 Å². The van der Waals surface area contributed by atoms with Crippen LogP contribution in [0.15, 0.2) is 85.1 Å². The Morgan fingerprint density at radius 3 is 0.846 bits per heavy atom. The summed E-state index contributed by atoms with van der Waals surface area (Å²) in [5, 5.41) is 0. The molecule has 0 saturated heterocycles. The van der Waals surface area contributed by atoms with Gasteiger partial charge in [-0.1, -0.05) is 292 Å². The van der Waals surface area contributed by atoms with Crippen molar-refractivity contribution in [3.05, 3.63) is 85.1 Å². The maximum Gasteiger partial charge on any atom is 0.306 e. The van der Waals surface area contributed by atoms with E-state index in [1.54, 1.807) is 0 Å². The van der Waals surface area contributed by atoms with Crippen LogP contribution >= 0.6 is 0 Å². The first-order valence-corrected chi connectivity index (χ1v) is 33.6. The second-order valence-electron chi connectivity index (χ2n) is 22.3. The van der Waals surface area contributed by atoms with Crippen molar-refractivity contribution >= 4 is 17.9 Å². The molecule has 0 heterocycles. The summed E-state index contributed by atoms with van der Waals surface area (Å²) in [5.74, 6) is -0.889. The molecule has 0 aromatic heterocycles. The average molecular weight is 1090 g/mol. The van der Waals surface area contributed by atoms with E-state index in [-0.39, 0.29) is 31.1 Å². The van der Waals surface area contributed by atoms with Crippen molar-refractivity contribution in [2.75, 3.05) is 13.2 Å². The topological polar surface area (TPSA) is 78.9 Å². The van der Waals surface area contributed by atoms with E-state index in [2.05, 4.69) is 106 Å². The Hall–Kier alpha value is -3.41. The molecule has 78 heavy (non-hydrogen) atoms. The number of hydrogen-bond donors (Lipinski definition) is 0. The molecule has 0 bridgehead atoms. The van der Waals surface area contributed by atoms with Gasteiger partial charge in [0.25, 0.3) is 0 Å². The molecular formula is C72H126O6. The summed E-state index contributed by atoms with van der Waals surface area (Å²) < 4.78 is 16.9. The quantitative estimate of drug-likeness (QED) is 0.0261. The zero-order valence-corrected chi connectivity index (χ0v) is 51.7. The second kappa shape index (κ2) is 66.1. The fourth-order valence-corrected chi connectivity index (χ4v) is 9.59. The molecule has 1 unspecified atom stereocenters. The lowest BCUT2D eigenvalue weighted by Crippen LogP contribution is -2.30. The van der Waals surface area contributed by atoms with Crippen LogP contribution in [0, 0.1) is 0 Å². The molecule has 0 fully saturated rings. The maximum absolute atomic E-state index is 12.9. The normalized spacial score (nSPS) is 12.6. The van der Waals surface area contributed by atoms with Gasteiger partial charge in [0.1, 0.15) is 13.2 Å². The Balaban J connectivity index is 4.18. The predicted molar refractivity (Wildman–Crippen MR) is 339 cm³/mol. The highest BCUT2D eigenvalue weighted by molar-refractivity contribution is 5.71. The van der Waals surface area contributed by atoms with E-state index in [0.717, 1.165) is 122 Å². The van der Waals surface area contributed by atoms with E-state index in [9.17, 15) is 14.4 Å². The number of ether oxygens (including phenoxy) is 3. The van der Waals surface area contributed by atoms with Crippen LogP contribution < -0.4 is 0 Å². The summed E-state index contributed by atoms with van der Waals surface area (Å²) in [6, 6.07) is 0. The van der Waals surface area contributed by atoms with Crippen molar-refractivity contribution < 1.29 is 28.6 Å². The van der Waals surface area contributed by atoms with Crippen molar-refractivity contribution in [2.45, 2.75) is 341 Å². The Morgan fingerprint density at radius 1 is 0.269 bits per heavy atom. The van der Waals surface area contributed by atoms with Crippen molar-refractivity contribution in [1.82, 2.24) is 0 Å². The molecule has 0 aliphatic heterocycles. The highest BCUT2D eigenvalue weighted by Crippen LogP contribution is 2.17. The van der Waals surface area contributed by atoms with Gasteiger partial charge in [0.2, 0.25) is 0 Å². The molecule has 0 aliphatic carbocycles. The van der Waals surface area contributed by atoms with Crippen LogP contribution in [0.1, 0.15) is 335 Å². The minimum atomic E-state index is -0.785. The van der Waals surface area contributed by atoms with Gasteiger partial charge in [-0.2, -0.15) is 0 Å². The number of carbonyl (C=O) groups excluding carboxylic acids is 3. The lowest BCUT2D eigenvalue weighted by Gasteiger charge is -2.18. The number of unbranched alkanes of at least 4 members (excludes halogenated alkanes) is 36. The van der Waals surface area contributed by atoms with E-state index in [1.165, 1.54) is 173 Å². The Kier molecular flexibility index (Phi) is 63.2. The molecule has 0 aromatic rings. The van der Waals surface area contributed by atoms with Crippen molar-refractivity contribution in [2.24, 2.45) is 0 Å². The molecule has 6 nitrogen and oxygen atoms in total. The van der Waals surface area contributed by atoms with Gasteiger partial charge in [-0.3, -0.25) is 14.4 Å². The van der Waals surface area contributed by atoms with Gasteiger partial charge < -0.3 is 14.2 Å². The van der Waals surface area contributed by atoms with E-state index >= 15 is 0 Å². The lowest BCUT2D eigenvalue weighted by molar-refractivity contribution is -0.167. The molecule has 0 N–H and O–H groups in total. The highest BCUT2D eigenvalue weighted by atomic mass is 16.6. The van der Waals surface area contributed by atoms with Crippen LogP contribution in [-0.2, 0) is 28.6 Å². The minimum Gasteiger partial charge on any atom is -0.462 e. The largest absolute Gasteiger partial charge is 0.462 e. The molecule has 0 aliphatic rings. The number of hydrogen-bond acceptors (Lipinski definition) is 6. The molecule has 0 aromatic carbocycles. The third-order valence-corrected chi connectivity index (χ3v) is 14.6. The van der Waals surface area contributed by atoms with Gasteiger partial charge in [-0.15, -0.1) is 0 Å². The summed E-state index contributed by atoms with van der Waals surface area (Å²) in [6.07, 6.45) is 87.5. The fraction of sp³-hybridized carbons (Fsp3) is 0.764. The van der Waals surface area contributed by atoms with E-state index in [1.807, 2.05) is 0 Å². The molecule has 0 rings (SSSR count). The Morgan fingerprint density at radius 2 is 0.526 bits per heavy atom. The number of carbonyl (C=O) groups is 3. The maximum atomic E-state index is 12.9. The number of allylic oxidation sites excluding steroid dienone is 14. The third-order valence-electron chi connectivity index (χ3n) is 14.6. The van der Waals surface area contributed by atoms with Gasteiger partial charge in [0.05, 0.1) is 0 Å². The summed E-state index contributed by atoms with van der Waals surface area (Å²) >= 11 is 0. The third kappa shape index (κ3) is 63.4. The van der Waals surface area contributed by atoms with Crippen LogP contribution in [0.5, 0.6) is 0 Å². The molecular weight excluding hydrogens is 961 g/mol. The van der Waals surface area contributed by atoms with Crippen LogP contribution in [-0.4, -0.2) is 37.2 Å². The standard InChI is InChI=1S/C72H126O6/c1-4-7-10-13-16-19-22-25-27-29-30-31-32-33-34-35-36-37-38-39-40-41-42-43-45-47-50-53-56-59-62-65-71(74)77-68-69(67-76-70(73)64-61-58-55-52-49-46-24-21-18-15-12-9-6-3)78-72(75)66-63-60-57-54-51-48-44-28-26-23-20-17-14-11-8-5-2/h7,10,12,15-16,19,21,24-25,27-28,30-31,44,69H,4-6,8-9,11,13-14,17-18,20,22-23,26,29,32-43,45-68H2,1-3H3/b10-7-,15-12-,19-16-,24-21-,27-25-,31-30-,44-28-. The molecule has 0 saturated carbocycles. The lowest BCUT2D eigenvalue weighted by atomic mass is 10.0. The van der Waals surface area contributed by atoms with E-state index < -0.39 is 6.10 Å². The molecule has 450 valence electrons. The van der Waals surface area contributed by atoms with Crippen molar-refractivity contribution in [3.63, 3.8) is 0 Å². The summed E-state index contributed by atoms with van der Waals surface area (Å²) in [5.41, 5.74) is 0.